The maximum absolute atomic E-state index is 13.5. The predicted octanol–water partition coefficient (Wildman–Crippen LogP) is 6.97. The minimum absolute atomic E-state index is 0.0344. The molecule has 0 saturated carbocycles. The molecule has 0 N–H and O–H groups in total. The van der Waals surface area contributed by atoms with Crippen LogP contribution in [0.5, 0.6) is 5.75 Å². The van der Waals surface area contributed by atoms with Crippen LogP contribution in [-0.4, -0.2) is 22.7 Å². The van der Waals surface area contributed by atoms with Gasteiger partial charge in [-0.3, -0.25) is 9.69 Å². The van der Waals surface area contributed by atoms with Gasteiger partial charge in [-0.15, -0.1) is 11.8 Å². The molecule has 0 spiro atoms. The summed E-state index contributed by atoms with van der Waals surface area (Å²) in [5.41, 5.74) is 2.95. The van der Waals surface area contributed by atoms with Crippen LogP contribution in [0.25, 0.3) is 10.2 Å². The largest absolute Gasteiger partial charge is 0.494 e. The van der Waals surface area contributed by atoms with Crippen LogP contribution in [0.3, 0.4) is 0 Å². The quantitative estimate of drug-likeness (QED) is 0.245. The van der Waals surface area contributed by atoms with Gasteiger partial charge < -0.3 is 4.74 Å². The topological polar surface area (TPSA) is 42.4 Å². The van der Waals surface area contributed by atoms with E-state index in [9.17, 15) is 4.79 Å². The highest BCUT2D eigenvalue weighted by molar-refractivity contribution is 7.99. The molecule has 1 aromatic heterocycles. The number of rotatable bonds is 9. The van der Waals surface area contributed by atoms with Gasteiger partial charge in [0.15, 0.2) is 5.13 Å². The lowest BCUT2D eigenvalue weighted by molar-refractivity contribution is -0.118. The maximum Gasteiger partial charge on any atom is 0.233 e. The number of aromatic nitrogens is 1. The van der Waals surface area contributed by atoms with Crippen molar-refractivity contribution in [2.24, 2.45) is 0 Å². The molecule has 0 radical (unpaired) electrons. The summed E-state index contributed by atoms with van der Waals surface area (Å²) < 4.78 is 6.65. The summed E-state index contributed by atoms with van der Waals surface area (Å²) in [5.74, 6) is 0.854. The summed E-state index contributed by atoms with van der Waals surface area (Å²) in [5, 5.41) is 1.24. The van der Waals surface area contributed by atoms with Crippen LogP contribution in [0.15, 0.2) is 77.7 Å². The highest BCUT2D eigenvalue weighted by Crippen LogP contribution is 2.33. The number of thioether (sulfide) groups is 1. The number of fused-ring (bicyclic) bond motifs is 1. The number of benzene rings is 3. The molecule has 0 aliphatic carbocycles. The molecule has 0 atom stereocenters. The summed E-state index contributed by atoms with van der Waals surface area (Å²) in [6, 6.07) is 24.2. The van der Waals surface area contributed by atoms with E-state index in [2.05, 4.69) is 38.1 Å². The van der Waals surface area contributed by atoms with Gasteiger partial charge in [0, 0.05) is 10.1 Å². The predicted molar refractivity (Wildman–Crippen MR) is 140 cm³/mol. The summed E-state index contributed by atoms with van der Waals surface area (Å²) in [6.07, 6.45) is 0.333. The monoisotopic (exact) mass is 476 g/mol. The second-order valence-corrected chi connectivity index (χ2v) is 10.7. The third kappa shape index (κ3) is 6.15. The van der Waals surface area contributed by atoms with E-state index in [-0.39, 0.29) is 5.91 Å². The number of hydrogen-bond donors (Lipinski definition) is 0. The van der Waals surface area contributed by atoms with Crippen LogP contribution < -0.4 is 9.64 Å². The lowest BCUT2D eigenvalue weighted by Crippen LogP contribution is -2.31. The van der Waals surface area contributed by atoms with Crippen molar-refractivity contribution in [2.75, 3.05) is 11.5 Å². The van der Waals surface area contributed by atoms with Gasteiger partial charge in [0.05, 0.1) is 29.8 Å². The molecule has 0 bridgehead atoms. The van der Waals surface area contributed by atoms with Gasteiger partial charge in [0.1, 0.15) is 5.75 Å². The molecule has 4 nitrogen and oxygen atoms in total. The van der Waals surface area contributed by atoms with Crippen molar-refractivity contribution >= 4 is 44.4 Å². The van der Waals surface area contributed by atoms with Gasteiger partial charge in [0.25, 0.3) is 0 Å². The first-order valence-electron chi connectivity index (χ1n) is 11.1. The smallest absolute Gasteiger partial charge is 0.233 e. The van der Waals surface area contributed by atoms with Crippen LogP contribution in [0.1, 0.15) is 31.9 Å². The second kappa shape index (κ2) is 10.9. The molecule has 0 saturated heterocycles. The summed E-state index contributed by atoms with van der Waals surface area (Å²) in [4.78, 5) is 21.3. The molecular weight excluding hydrogens is 448 g/mol. The first kappa shape index (κ1) is 23.3. The Bertz CT molecular complexity index is 1200. The number of carbonyl (C=O) groups excluding carboxylic acids is 1. The van der Waals surface area contributed by atoms with E-state index < -0.39 is 0 Å². The molecule has 33 heavy (non-hydrogen) atoms. The van der Waals surface area contributed by atoms with Crippen LogP contribution in [0.4, 0.5) is 5.13 Å². The number of hydrogen-bond acceptors (Lipinski definition) is 5. The van der Waals surface area contributed by atoms with Gasteiger partial charge in [-0.05, 0) is 48.4 Å². The molecule has 4 aromatic rings. The Morgan fingerprint density at radius 3 is 2.48 bits per heavy atom. The lowest BCUT2D eigenvalue weighted by atomic mass is 10.1. The van der Waals surface area contributed by atoms with Crippen LogP contribution in [0.2, 0.25) is 0 Å². The third-order valence-electron chi connectivity index (χ3n) is 5.03. The average molecular weight is 477 g/mol. The average Bonchev–Trinajstić information content (AvgIpc) is 3.22. The number of amides is 1. The number of thiazole rings is 1. The van der Waals surface area contributed by atoms with E-state index in [4.69, 9.17) is 9.72 Å². The molecule has 0 aliphatic rings. The number of anilines is 1. The van der Waals surface area contributed by atoms with Crippen molar-refractivity contribution in [3.05, 3.63) is 83.9 Å². The minimum atomic E-state index is 0.0344. The van der Waals surface area contributed by atoms with E-state index in [1.807, 2.05) is 67.2 Å². The molecule has 4 rings (SSSR count). The van der Waals surface area contributed by atoms with Crippen molar-refractivity contribution in [1.82, 2.24) is 4.98 Å². The highest BCUT2D eigenvalue weighted by atomic mass is 32.2. The Hall–Kier alpha value is -2.83. The van der Waals surface area contributed by atoms with E-state index in [0.29, 0.717) is 30.0 Å². The summed E-state index contributed by atoms with van der Waals surface area (Å²) in [6.45, 7) is 7.43. The fraction of sp³-hybridized carbons (Fsp3) is 0.259. The minimum Gasteiger partial charge on any atom is -0.494 e. The molecule has 0 fully saturated rings. The van der Waals surface area contributed by atoms with Crippen LogP contribution in [0, 0.1) is 0 Å². The van der Waals surface area contributed by atoms with Gasteiger partial charge in [-0.25, -0.2) is 4.98 Å². The van der Waals surface area contributed by atoms with Crippen molar-refractivity contribution in [3.8, 4) is 5.75 Å². The Labute approximate surface area is 203 Å². The SMILES string of the molecule is CCOc1ccc2nc(N(Cc3ccccc3)C(=O)Cc3ccc(SC(C)C)cc3)sc2c1. The first-order chi connectivity index (χ1) is 16.0. The van der Waals surface area contributed by atoms with Gasteiger partial charge >= 0.3 is 0 Å². The standard InChI is InChI=1S/C27H28N2O2S2/c1-4-31-22-12-15-24-25(17-22)33-27(28-24)29(18-21-8-6-5-7-9-21)26(30)16-20-10-13-23(14-11-20)32-19(2)3/h5-15,17,19H,4,16,18H2,1-3H3. The molecule has 1 heterocycles. The third-order valence-corrected chi connectivity index (χ3v) is 7.08. The molecule has 170 valence electrons. The van der Waals surface area contributed by atoms with Crippen LogP contribution in [-0.2, 0) is 17.8 Å². The zero-order valence-corrected chi connectivity index (χ0v) is 20.8. The van der Waals surface area contributed by atoms with Crippen molar-refractivity contribution in [3.63, 3.8) is 0 Å². The van der Waals surface area contributed by atoms with E-state index in [0.717, 1.165) is 27.1 Å². The molecule has 1 amide bonds. The molecule has 3 aromatic carbocycles. The van der Waals surface area contributed by atoms with E-state index >= 15 is 0 Å². The number of nitrogens with zero attached hydrogens (tertiary/aromatic N) is 2. The Balaban J connectivity index is 1.60. The Kier molecular flexibility index (Phi) is 7.68. The van der Waals surface area contributed by atoms with E-state index in [1.165, 1.54) is 16.2 Å². The maximum atomic E-state index is 13.5. The Morgan fingerprint density at radius 1 is 1.03 bits per heavy atom. The fourth-order valence-electron chi connectivity index (χ4n) is 3.52. The van der Waals surface area contributed by atoms with Gasteiger partial charge in [-0.2, -0.15) is 0 Å². The normalized spacial score (nSPS) is 11.2. The molecular formula is C27H28N2O2S2. The second-order valence-electron chi connectivity index (χ2n) is 8.01. The molecule has 0 aliphatic heterocycles. The summed E-state index contributed by atoms with van der Waals surface area (Å²) >= 11 is 3.35. The van der Waals surface area contributed by atoms with Crippen molar-refractivity contribution in [1.29, 1.82) is 0 Å². The summed E-state index contributed by atoms with van der Waals surface area (Å²) in [7, 11) is 0. The van der Waals surface area contributed by atoms with Crippen molar-refractivity contribution < 1.29 is 9.53 Å². The highest BCUT2D eigenvalue weighted by Gasteiger charge is 2.21. The fourth-order valence-corrected chi connectivity index (χ4v) is 5.37. The zero-order chi connectivity index (χ0) is 23.2. The van der Waals surface area contributed by atoms with Gasteiger partial charge in [0.2, 0.25) is 5.91 Å². The Morgan fingerprint density at radius 2 is 1.79 bits per heavy atom. The number of carbonyl (C=O) groups is 1. The first-order valence-corrected chi connectivity index (χ1v) is 12.8. The van der Waals surface area contributed by atoms with Crippen molar-refractivity contribution in [2.45, 2.75) is 43.9 Å². The zero-order valence-electron chi connectivity index (χ0n) is 19.2. The van der Waals surface area contributed by atoms with Gasteiger partial charge in [-0.1, -0.05) is 67.6 Å². The lowest BCUT2D eigenvalue weighted by Gasteiger charge is -2.20. The molecule has 0 unspecified atom stereocenters. The van der Waals surface area contributed by atoms with E-state index in [1.54, 1.807) is 4.90 Å². The molecule has 6 heteroatoms. The van der Waals surface area contributed by atoms with Crippen LogP contribution >= 0.6 is 23.1 Å². The number of ether oxygens (including phenoxy) is 1.